The first kappa shape index (κ1) is 16.6. The lowest BCUT2D eigenvalue weighted by Gasteiger charge is -2.14. The molecule has 0 aliphatic carbocycles. The molecule has 0 saturated carbocycles. The van der Waals surface area contributed by atoms with Crippen LogP contribution in [0.2, 0.25) is 0 Å². The number of carbonyl (C=O) groups is 1. The van der Waals surface area contributed by atoms with E-state index in [9.17, 15) is 4.79 Å². The maximum Gasteiger partial charge on any atom is 0.230 e. The van der Waals surface area contributed by atoms with Gasteiger partial charge >= 0.3 is 0 Å². The Balaban J connectivity index is 2.02. The first-order valence-corrected chi connectivity index (χ1v) is 8.26. The zero-order valence-corrected chi connectivity index (χ0v) is 13.6. The van der Waals surface area contributed by atoms with E-state index in [4.69, 9.17) is 5.11 Å². The summed E-state index contributed by atoms with van der Waals surface area (Å²) in [5.41, 5.74) is 2.21. The lowest BCUT2D eigenvalue weighted by atomic mass is 10.2. The molecular weight excluding hydrogens is 298 g/mol. The van der Waals surface area contributed by atoms with Crippen LogP contribution in [0.5, 0.6) is 0 Å². The van der Waals surface area contributed by atoms with Gasteiger partial charge in [-0.25, -0.2) is 4.98 Å². The van der Waals surface area contributed by atoms with E-state index in [1.54, 1.807) is 6.20 Å². The van der Waals surface area contributed by atoms with E-state index < -0.39 is 0 Å². The molecule has 2 N–H and O–H groups in total. The number of aromatic nitrogens is 2. The molecule has 0 fully saturated rings. The molecule has 1 aromatic carbocycles. The number of thioether (sulfide) groups is 1. The van der Waals surface area contributed by atoms with E-state index in [1.165, 1.54) is 11.8 Å². The zero-order chi connectivity index (χ0) is 15.9. The third-order valence-electron chi connectivity index (χ3n) is 3.39. The molecule has 1 heterocycles. The predicted octanol–water partition coefficient (Wildman–Crippen LogP) is 2.16. The molecule has 0 saturated heterocycles. The van der Waals surface area contributed by atoms with Crippen LogP contribution in [0.3, 0.4) is 0 Å². The summed E-state index contributed by atoms with van der Waals surface area (Å²) in [6.07, 6.45) is 4.34. The van der Waals surface area contributed by atoms with Crippen LogP contribution in [0, 0.1) is 6.92 Å². The topological polar surface area (TPSA) is 67.2 Å². The Kier molecular flexibility index (Phi) is 6.03. The molecule has 0 aliphatic rings. The maximum atomic E-state index is 11.9. The predicted molar refractivity (Wildman–Crippen MR) is 88.3 cm³/mol. The molecule has 0 radical (unpaired) electrons. The van der Waals surface area contributed by atoms with Crippen LogP contribution in [0.15, 0.2) is 41.8 Å². The average Bonchev–Trinajstić information content (AvgIpc) is 2.99. The van der Waals surface area contributed by atoms with Crippen LogP contribution in [-0.2, 0) is 4.79 Å². The second-order valence-electron chi connectivity index (χ2n) is 5.01. The molecule has 0 aliphatic heterocycles. The van der Waals surface area contributed by atoms with Crippen molar-refractivity contribution >= 4 is 17.7 Å². The Morgan fingerprint density at radius 1 is 1.45 bits per heavy atom. The van der Waals surface area contributed by atoms with Crippen molar-refractivity contribution in [3.8, 4) is 5.69 Å². The Labute approximate surface area is 134 Å². The van der Waals surface area contributed by atoms with E-state index in [-0.39, 0.29) is 24.3 Å². The van der Waals surface area contributed by atoms with Gasteiger partial charge in [0.1, 0.15) is 0 Å². The van der Waals surface area contributed by atoms with Gasteiger partial charge in [-0.2, -0.15) is 0 Å². The van der Waals surface area contributed by atoms with Crippen molar-refractivity contribution in [1.29, 1.82) is 0 Å². The van der Waals surface area contributed by atoms with E-state index in [1.807, 2.05) is 48.9 Å². The van der Waals surface area contributed by atoms with Gasteiger partial charge < -0.3 is 10.4 Å². The normalized spacial score (nSPS) is 12.1. The number of carbonyl (C=O) groups excluding carboxylic acids is 1. The Morgan fingerprint density at radius 3 is 2.91 bits per heavy atom. The number of nitrogens with zero attached hydrogens (tertiary/aromatic N) is 2. The number of rotatable bonds is 7. The van der Waals surface area contributed by atoms with Gasteiger partial charge in [0.25, 0.3) is 0 Å². The van der Waals surface area contributed by atoms with E-state index in [0.29, 0.717) is 6.42 Å². The second-order valence-corrected chi connectivity index (χ2v) is 5.95. The van der Waals surface area contributed by atoms with Gasteiger partial charge in [-0.05, 0) is 25.0 Å². The first-order valence-electron chi connectivity index (χ1n) is 7.28. The molecule has 6 heteroatoms. The molecule has 1 aromatic heterocycles. The summed E-state index contributed by atoms with van der Waals surface area (Å²) in [6.45, 7) is 3.94. The van der Waals surface area contributed by atoms with Crippen molar-refractivity contribution < 1.29 is 9.90 Å². The molecule has 2 aromatic rings. The number of nitrogens with one attached hydrogen (secondary N) is 1. The minimum atomic E-state index is -0.177. The molecular formula is C16H21N3O2S. The highest BCUT2D eigenvalue weighted by atomic mass is 32.2. The van der Waals surface area contributed by atoms with Crippen LogP contribution in [0.4, 0.5) is 0 Å². The molecule has 22 heavy (non-hydrogen) atoms. The van der Waals surface area contributed by atoms with Crippen LogP contribution in [0.1, 0.15) is 18.9 Å². The molecule has 0 bridgehead atoms. The number of hydrogen-bond donors (Lipinski definition) is 2. The van der Waals surface area contributed by atoms with Crippen molar-refractivity contribution in [3.05, 3.63) is 42.2 Å². The lowest BCUT2D eigenvalue weighted by Crippen LogP contribution is -2.38. The fourth-order valence-electron chi connectivity index (χ4n) is 2.09. The first-order chi connectivity index (χ1) is 10.7. The molecule has 1 unspecified atom stereocenters. The van der Waals surface area contributed by atoms with Gasteiger partial charge in [-0.1, -0.05) is 36.9 Å². The summed E-state index contributed by atoms with van der Waals surface area (Å²) < 4.78 is 1.98. The highest BCUT2D eigenvalue weighted by Gasteiger charge is 2.12. The van der Waals surface area contributed by atoms with Crippen LogP contribution in [0.25, 0.3) is 5.69 Å². The zero-order valence-electron chi connectivity index (χ0n) is 12.8. The van der Waals surface area contributed by atoms with Gasteiger partial charge in [0.05, 0.1) is 24.1 Å². The summed E-state index contributed by atoms with van der Waals surface area (Å²) in [4.78, 5) is 16.2. The maximum absolute atomic E-state index is 11.9. The SMILES string of the molecule is CCC(CO)NC(=O)CSc1nccn1-c1ccccc1C. The summed E-state index contributed by atoms with van der Waals surface area (Å²) in [6, 6.07) is 7.87. The number of amides is 1. The fourth-order valence-corrected chi connectivity index (χ4v) is 2.87. The van der Waals surface area contributed by atoms with Gasteiger partial charge in [0.2, 0.25) is 5.91 Å². The molecule has 0 spiro atoms. The molecule has 2 rings (SSSR count). The highest BCUT2D eigenvalue weighted by Crippen LogP contribution is 2.22. The summed E-state index contributed by atoms with van der Waals surface area (Å²) >= 11 is 1.39. The largest absolute Gasteiger partial charge is 0.394 e. The lowest BCUT2D eigenvalue weighted by molar-refractivity contribution is -0.119. The van der Waals surface area contributed by atoms with Crippen LogP contribution >= 0.6 is 11.8 Å². The number of aryl methyl sites for hydroxylation is 1. The van der Waals surface area contributed by atoms with E-state index in [2.05, 4.69) is 10.3 Å². The van der Waals surface area contributed by atoms with Gasteiger partial charge in [0.15, 0.2) is 5.16 Å². The van der Waals surface area contributed by atoms with Crippen molar-refractivity contribution in [2.75, 3.05) is 12.4 Å². The minimum Gasteiger partial charge on any atom is -0.394 e. The minimum absolute atomic E-state index is 0.0370. The summed E-state index contributed by atoms with van der Waals surface area (Å²) in [7, 11) is 0. The third-order valence-corrected chi connectivity index (χ3v) is 4.36. The molecule has 1 atom stereocenters. The Morgan fingerprint density at radius 2 is 2.23 bits per heavy atom. The smallest absolute Gasteiger partial charge is 0.230 e. The third kappa shape index (κ3) is 4.11. The van der Waals surface area contributed by atoms with Crippen LogP contribution < -0.4 is 5.32 Å². The Bertz CT molecular complexity index is 623. The van der Waals surface area contributed by atoms with Gasteiger partial charge in [0, 0.05) is 12.4 Å². The quantitative estimate of drug-likeness (QED) is 0.768. The Hall–Kier alpha value is -1.79. The standard InChI is InChI=1S/C16H21N3O2S/c1-3-13(10-20)18-15(21)11-22-16-17-8-9-19(16)14-7-5-4-6-12(14)2/h4-9,13,20H,3,10-11H2,1-2H3,(H,18,21). The molecule has 5 nitrogen and oxygen atoms in total. The van der Waals surface area contributed by atoms with Crippen LogP contribution in [-0.4, -0.2) is 39.0 Å². The van der Waals surface area contributed by atoms with Crippen molar-refractivity contribution in [3.63, 3.8) is 0 Å². The summed E-state index contributed by atoms with van der Waals surface area (Å²) in [5.74, 6) is 0.185. The van der Waals surface area contributed by atoms with Crippen molar-refractivity contribution in [2.45, 2.75) is 31.5 Å². The molecule has 1 amide bonds. The van der Waals surface area contributed by atoms with Gasteiger partial charge in [-0.15, -0.1) is 0 Å². The molecule has 118 valence electrons. The number of imidazole rings is 1. The number of aliphatic hydroxyl groups excluding tert-OH is 1. The van der Waals surface area contributed by atoms with E-state index in [0.717, 1.165) is 16.4 Å². The van der Waals surface area contributed by atoms with E-state index >= 15 is 0 Å². The average molecular weight is 319 g/mol. The number of hydrogen-bond acceptors (Lipinski definition) is 4. The fraction of sp³-hybridized carbons (Fsp3) is 0.375. The van der Waals surface area contributed by atoms with Crippen molar-refractivity contribution in [1.82, 2.24) is 14.9 Å². The highest BCUT2D eigenvalue weighted by molar-refractivity contribution is 7.99. The number of para-hydroxylation sites is 1. The van der Waals surface area contributed by atoms with Gasteiger partial charge in [-0.3, -0.25) is 9.36 Å². The van der Waals surface area contributed by atoms with Crippen molar-refractivity contribution in [2.24, 2.45) is 0 Å². The number of aliphatic hydroxyl groups is 1. The monoisotopic (exact) mass is 319 g/mol. The second kappa shape index (κ2) is 8.00. The summed E-state index contributed by atoms with van der Waals surface area (Å²) in [5, 5.41) is 12.7. The number of benzene rings is 1.